The van der Waals surface area contributed by atoms with E-state index in [0.717, 1.165) is 30.9 Å². The zero-order chi connectivity index (χ0) is 17.5. The second-order valence-corrected chi connectivity index (χ2v) is 5.46. The van der Waals surface area contributed by atoms with E-state index in [1.165, 1.54) is 0 Å². The van der Waals surface area contributed by atoms with E-state index in [2.05, 4.69) is 16.7 Å². The molecule has 0 saturated carbocycles. The Bertz CT molecular complexity index is 640. The summed E-state index contributed by atoms with van der Waals surface area (Å²) in [6.45, 7) is 5.37. The van der Waals surface area contributed by atoms with Gasteiger partial charge >= 0.3 is 0 Å². The number of ether oxygens (including phenoxy) is 3. The molecule has 0 unspecified atom stereocenters. The number of methoxy groups -OCH3 is 3. The fourth-order valence-electron chi connectivity index (χ4n) is 2.75. The second kappa shape index (κ2) is 8.46. The lowest BCUT2D eigenvalue weighted by Gasteiger charge is -2.34. The van der Waals surface area contributed by atoms with Crippen LogP contribution in [-0.2, 0) is 11.3 Å². The summed E-state index contributed by atoms with van der Waals surface area (Å²) in [6.07, 6.45) is 0. The molecular weight excluding hydrogens is 308 g/mol. The predicted octanol–water partition coefficient (Wildman–Crippen LogP) is 1.38. The van der Waals surface area contributed by atoms with Gasteiger partial charge in [0, 0.05) is 44.4 Å². The molecule has 6 heteroatoms. The Hall–Kier alpha value is -2.39. The van der Waals surface area contributed by atoms with Crippen LogP contribution in [0.25, 0.3) is 0 Å². The van der Waals surface area contributed by atoms with Crippen molar-refractivity contribution in [1.29, 1.82) is 0 Å². The number of rotatable bonds is 5. The molecule has 0 radical (unpaired) electrons. The van der Waals surface area contributed by atoms with Crippen molar-refractivity contribution in [2.75, 3.05) is 47.5 Å². The van der Waals surface area contributed by atoms with Crippen LogP contribution in [0.2, 0.25) is 0 Å². The molecule has 0 atom stereocenters. The molecule has 1 aromatic carbocycles. The highest BCUT2D eigenvalue weighted by Crippen LogP contribution is 2.35. The third-order valence-corrected chi connectivity index (χ3v) is 4.07. The molecule has 1 aliphatic rings. The van der Waals surface area contributed by atoms with Crippen LogP contribution in [-0.4, -0.2) is 63.2 Å². The first-order chi connectivity index (χ1) is 11.6. The van der Waals surface area contributed by atoms with Gasteiger partial charge in [-0.25, -0.2) is 0 Å². The van der Waals surface area contributed by atoms with Gasteiger partial charge in [-0.3, -0.25) is 9.69 Å². The molecule has 24 heavy (non-hydrogen) atoms. The summed E-state index contributed by atoms with van der Waals surface area (Å²) in [5, 5.41) is 0. The molecule has 1 heterocycles. The molecule has 0 bridgehead atoms. The Kier molecular flexibility index (Phi) is 6.33. The highest BCUT2D eigenvalue weighted by atomic mass is 16.5. The van der Waals surface area contributed by atoms with Gasteiger partial charge in [-0.2, -0.15) is 0 Å². The standard InChI is InChI=1S/C18H24N2O4/c1-5-6-18(21)20-9-7-19(8-10-20)13-14-11-16(23-3)17(24-4)12-15(14)22-2/h11-12H,7-10,13H2,1-4H3. The number of amides is 1. The number of carbonyl (C=O) groups is 1. The van der Waals surface area contributed by atoms with Crippen molar-refractivity contribution >= 4 is 5.91 Å². The van der Waals surface area contributed by atoms with E-state index < -0.39 is 0 Å². The summed E-state index contributed by atoms with van der Waals surface area (Å²) < 4.78 is 16.2. The van der Waals surface area contributed by atoms with Crippen LogP contribution in [0.15, 0.2) is 12.1 Å². The van der Waals surface area contributed by atoms with E-state index in [1.54, 1.807) is 33.2 Å². The van der Waals surface area contributed by atoms with Crippen molar-refractivity contribution in [1.82, 2.24) is 9.80 Å². The number of hydrogen-bond donors (Lipinski definition) is 0. The van der Waals surface area contributed by atoms with Crippen molar-refractivity contribution < 1.29 is 19.0 Å². The van der Waals surface area contributed by atoms with E-state index in [9.17, 15) is 4.79 Å². The van der Waals surface area contributed by atoms with Crippen LogP contribution >= 0.6 is 0 Å². The van der Waals surface area contributed by atoms with Gasteiger partial charge < -0.3 is 19.1 Å². The molecule has 1 aromatic rings. The highest BCUT2D eigenvalue weighted by molar-refractivity contribution is 5.93. The van der Waals surface area contributed by atoms with Gasteiger partial charge in [0.1, 0.15) is 5.75 Å². The fourth-order valence-corrected chi connectivity index (χ4v) is 2.75. The van der Waals surface area contributed by atoms with Gasteiger partial charge in [-0.15, -0.1) is 0 Å². The minimum atomic E-state index is -0.0964. The van der Waals surface area contributed by atoms with Gasteiger partial charge in [0.05, 0.1) is 21.3 Å². The van der Waals surface area contributed by atoms with Gasteiger partial charge in [0.2, 0.25) is 0 Å². The number of benzene rings is 1. The van der Waals surface area contributed by atoms with Crippen molar-refractivity contribution in [3.8, 4) is 29.1 Å². The lowest BCUT2D eigenvalue weighted by molar-refractivity contribution is -0.126. The summed E-state index contributed by atoms with van der Waals surface area (Å²) >= 11 is 0. The lowest BCUT2D eigenvalue weighted by atomic mass is 10.1. The minimum Gasteiger partial charge on any atom is -0.496 e. The maximum Gasteiger partial charge on any atom is 0.298 e. The molecule has 0 N–H and O–H groups in total. The molecule has 6 nitrogen and oxygen atoms in total. The molecule has 0 spiro atoms. The molecule has 2 rings (SSSR count). The molecule has 0 aromatic heterocycles. The minimum absolute atomic E-state index is 0.0964. The van der Waals surface area contributed by atoms with Crippen molar-refractivity contribution in [3.05, 3.63) is 17.7 Å². The van der Waals surface area contributed by atoms with Crippen molar-refractivity contribution in [3.63, 3.8) is 0 Å². The first-order valence-corrected chi connectivity index (χ1v) is 7.85. The fraction of sp³-hybridized carbons (Fsp3) is 0.500. The van der Waals surface area contributed by atoms with Gasteiger partial charge in [-0.05, 0) is 18.9 Å². The second-order valence-electron chi connectivity index (χ2n) is 5.46. The highest BCUT2D eigenvalue weighted by Gasteiger charge is 2.21. The molecule has 130 valence electrons. The largest absolute Gasteiger partial charge is 0.496 e. The average molecular weight is 332 g/mol. The first-order valence-electron chi connectivity index (χ1n) is 7.85. The molecule has 1 aliphatic heterocycles. The number of piperazine rings is 1. The normalized spacial score (nSPS) is 14.6. The third kappa shape index (κ3) is 4.12. The molecule has 1 fully saturated rings. The summed E-state index contributed by atoms with van der Waals surface area (Å²) in [4.78, 5) is 15.9. The Labute approximate surface area is 143 Å². The van der Waals surface area contributed by atoms with Crippen LogP contribution in [0.5, 0.6) is 17.2 Å². The maximum absolute atomic E-state index is 11.8. The van der Waals surface area contributed by atoms with E-state index in [4.69, 9.17) is 14.2 Å². The van der Waals surface area contributed by atoms with Gasteiger partial charge in [-0.1, -0.05) is 5.92 Å². The molecule has 1 saturated heterocycles. The Balaban J connectivity index is 2.06. The zero-order valence-electron chi connectivity index (χ0n) is 14.7. The lowest BCUT2D eigenvalue weighted by Crippen LogP contribution is -2.47. The van der Waals surface area contributed by atoms with Crippen LogP contribution in [0, 0.1) is 11.8 Å². The van der Waals surface area contributed by atoms with E-state index in [1.807, 2.05) is 12.1 Å². The van der Waals surface area contributed by atoms with Crippen LogP contribution in [0.1, 0.15) is 12.5 Å². The zero-order valence-corrected chi connectivity index (χ0v) is 14.7. The number of carbonyl (C=O) groups excluding carboxylic acids is 1. The van der Waals surface area contributed by atoms with Crippen molar-refractivity contribution in [2.24, 2.45) is 0 Å². The quantitative estimate of drug-likeness (QED) is 0.763. The smallest absolute Gasteiger partial charge is 0.298 e. The number of hydrogen-bond acceptors (Lipinski definition) is 5. The molecular formula is C18H24N2O4. The maximum atomic E-state index is 11.8. The van der Waals surface area contributed by atoms with Gasteiger partial charge in [0.25, 0.3) is 5.91 Å². The van der Waals surface area contributed by atoms with Crippen LogP contribution in [0.4, 0.5) is 0 Å². The van der Waals surface area contributed by atoms with Crippen LogP contribution < -0.4 is 14.2 Å². The summed E-state index contributed by atoms with van der Waals surface area (Å²) in [5.74, 6) is 7.25. The summed E-state index contributed by atoms with van der Waals surface area (Å²) in [7, 11) is 4.87. The summed E-state index contributed by atoms with van der Waals surface area (Å²) in [6, 6.07) is 3.78. The van der Waals surface area contributed by atoms with Crippen molar-refractivity contribution in [2.45, 2.75) is 13.5 Å². The monoisotopic (exact) mass is 332 g/mol. The first kappa shape index (κ1) is 18.0. The predicted molar refractivity (Wildman–Crippen MR) is 91.4 cm³/mol. The van der Waals surface area contributed by atoms with Gasteiger partial charge in [0.15, 0.2) is 11.5 Å². The molecule has 0 aliphatic carbocycles. The van der Waals surface area contributed by atoms with E-state index >= 15 is 0 Å². The third-order valence-electron chi connectivity index (χ3n) is 4.07. The Morgan fingerprint density at radius 3 is 2.12 bits per heavy atom. The Morgan fingerprint density at radius 1 is 1.00 bits per heavy atom. The van der Waals surface area contributed by atoms with Crippen LogP contribution in [0.3, 0.4) is 0 Å². The Morgan fingerprint density at radius 2 is 1.58 bits per heavy atom. The topological polar surface area (TPSA) is 51.2 Å². The van der Waals surface area contributed by atoms with E-state index in [0.29, 0.717) is 24.6 Å². The van der Waals surface area contributed by atoms with E-state index in [-0.39, 0.29) is 5.91 Å². The molecule has 1 amide bonds. The summed E-state index contributed by atoms with van der Waals surface area (Å²) in [5.41, 5.74) is 1.03. The number of nitrogens with zero attached hydrogens (tertiary/aromatic N) is 2. The average Bonchev–Trinajstić information content (AvgIpc) is 2.62. The SMILES string of the molecule is CC#CC(=O)N1CCN(Cc2cc(OC)c(OC)cc2OC)CC1.